The third-order valence-electron chi connectivity index (χ3n) is 4.33. The molecule has 0 unspecified atom stereocenters. The van der Waals surface area contributed by atoms with E-state index >= 15 is 0 Å². The van der Waals surface area contributed by atoms with Gasteiger partial charge >= 0.3 is 0 Å². The standard InChI is InChI=1S/C17H28O.H2/c1-13(2)16(3,4)12-17(5,6)14-8-10-15(18-7)11-9-14;/h8-11,13H,12H2,1-7H3;1H. The van der Waals surface area contributed by atoms with Crippen LogP contribution in [0.3, 0.4) is 0 Å². The van der Waals surface area contributed by atoms with Gasteiger partial charge in [-0.2, -0.15) is 0 Å². The van der Waals surface area contributed by atoms with Crippen LogP contribution in [-0.4, -0.2) is 7.11 Å². The van der Waals surface area contributed by atoms with E-state index in [1.165, 1.54) is 12.0 Å². The van der Waals surface area contributed by atoms with Crippen molar-refractivity contribution in [3.05, 3.63) is 29.8 Å². The van der Waals surface area contributed by atoms with Gasteiger partial charge in [-0.3, -0.25) is 0 Å². The molecule has 0 aromatic heterocycles. The Hall–Kier alpha value is -0.980. The van der Waals surface area contributed by atoms with E-state index in [0.717, 1.165) is 5.75 Å². The number of ether oxygens (including phenoxy) is 1. The fourth-order valence-corrected chi connectivity index (χ4v) is 2.49. The van der Waals surface area contributed by atoms with Gasteiger partial charge in [0.2, 0.25) is 0 Å². The summed E-state index contributed by atoms with van der Waals surface area (Å²) in [6, 6.07) is 8.49. The first-order valence-electron chi connectivity index (χ1n) is 6.83. The van der Waals surface area contributed by atoms with E-state index in [2.05, 4.69) is 65.8 Å². The fraction of sp³-hybridized carbons (Fsp3) is 0.647. The highest BCUT2D eigenvalue weighted by molar-refractivity contribution is 5.31. The highest BCUT2D eigenvalue weighted by atomic mass is 16.5. The van der Waals surface area contributed by atoms with Crippen molar-refractivity contribution in [2.75, 3.05) is 7.11 Å². The summed E-state index contributed by atoms with van der Waals surface area (Å²) in [4.78, 5) is 0. The summed E-state index contributed by atoms with van der Waals surface area (Å²) in [5, 5.41) is 0. The molecule has 1 nitrogen and oxygen atoms in total. The lowest BCUT2D eigenvalue weighted by Crippen LogP contribution is -2.30. The van der Waals surface area contributed by atoms with Gasteiger partial charge < -0.3 is 4.74 Å². The van der Waals surface area contributed by atoms with E-state index in [1.807, 2.05) is 0 Å². The van der Waals surface area contributed by atoms with Gasteiger partial charge in [-0.1, -0.05) is 53.7 Å². The summed E-state index contributed by atoms with van der Waals surface area (Å²) in [6.45, 7) is 14.0. The monoisotopic (exact) mass is 250 g/mol. The molecule has 1 rings (SSSR count). The maximum atomic E-state index is 5.22. The average molecular weight is 250 g/mol. The molecule has 0 radical (unpaired) electrons. The Balaban J connectivity index is 0.00000324. The molecule has 0 aliphatic carbocycles. The van der Waals surface area contributed by atoms with Gasteiger partial charge in [0.1, 0.15) is 5.75 Å². The summed E-state index contributed by atoms with van der Waals surface area (Å²) in [7, 11) is 1.71. The van der Waals surface area contributed by atoms with Gasteiger partial charge in [0.15, 0.2) is 0 Å². The molecule has 0 heterocycles. The molecule has 1 heteroatoms. The van der Waals surface area contributed by atoms with Crippen molar-refractivity contribution in [1.29, 1.82) is 0 Å². The van der Waals surface area contributed by atoms with Crippen molar-refractivity contribution in [2.24, 2.45) is 11.3 Å². The molecule has 18 heavy (non-hydrogen) atoms. The predicted molar refractivity (Wildman–Crippen MR) is 81.4 cm³/mol. The van der Waals surface area contributed by atoms with Crippen molar-refractivity contribution in [3.63, 3.8) is 0 Å². The Morgan fingerprint density at radius 1 is 1.06 bits per heavy atom. The predicted octanol–water partition coefficient (Wildman–Crippen LogP) is 5.29. The van der Waals surface area contributed by atoms with E-state index in [-0.39, 0.29) is 6.84 Å². The molecule has 1 aromatic carbocycles. The van der Waals surface area contributed by atoms with Gasteiger partial charge in [0, 0.05) is 1.43 Å². The van der Waals surface area contributed by atoms with Gasteiger partial charge in [-0.15, -0.1) is 0 Å². The molecule has 104 valence electrons. The number of rotatable bonds is 5. The number of methoxy groups -OCH3 is 1. The first kappa shape index (κ1) is 15.1. The van der Waals surface area contributed by atoms with Crippen LogP contribution in [0.1, 0.15) is 55.0 Å². The van der Waals surface area contributed by atoms with Crippen molar-refractivity contribution >= 4 is 0 Å². The van der Waals surface area contributed by atoms with Crippen LogP contribution in [0.25, 0.3) is 0 Å². The van der Waals surface area contributed by atoms with Crippen LogP contribution in [0.5, 0.6) is 5.75 Å². The molecule has 0 amide bonds. The number of hydrogen-bond donors (Lipinski definition) is 0. The molecule has 0 N–H and O–H groups in total. The van der Waals surface area contributed by atoms with Crippen LogP contribution in [0.2, 0.25) is 0 Å². The smallest absolute Gasteiger partial charge is 0.118 e. The molecule has 0 bridgehead atoms. The normalized spacial score (nSPS) is 12.9. The van der Waals surface area contributed by atoms with E-state index < -0.39 is 0 Å². The van der Waals surface area contributed by atoms with Gasteiger partial charge in [0.05, 0.1) is 7.11 Å². The molecular weight excluding hydrogens is 220 g/mol. The van der Waals surface area contributed by atoms with Gasteiger partial charge in [-0.25, -0.2) is 0 Å². The zero-order valence-electron chi connectivity index (χ0n) is 13.0. The highest BCUT2D eigenvalue weighted by Crippen LogP contribution is 2.41. The first-order chi connectivity index (χ1) is 8.19. The summed E-state index contributed by atoms with van der Waals surface area (Å²) < 4.78 is 5.22. The SMILES string of the molecule is COc1ccc(C(C)(C)CC(C)(C)C(C)C)cc1.[HH]. The number of hydrogen-bond acceptors (Lipinski definition) is 1. The lowest BCUT2D eigenvalue weighted by molar-refractivity contribution is 0.181. The summed E-state index contributed by atoms with van der Waals surface area (Å²) in [6.07, 6.45) is 1.18. The van der Waals surface area contributed by atoms with Crippen molar-refractivity contribution < 1.29 is 6.16 Å². The second kappa shape index (κ2) is 5.34. The quantitative estimate of drug-likeness (QED) is 0.690. The lowest BCUT2D eigenvalue weighted by atomic mass is 9.67. The number of benzene rings is 1. The second-order valence-corrected chi connectivity index (χ2v) is 6.93. The van der Waals surface area contributed by atoms with E-state index in [9.17, 15) is 0 Å². The van der Waals surface area contributed by atoms with Gasteiger partial charge in [0.25, 0.3) is 0 Å². The van der Waals surface area contributed by atoms with Crippen LogP contribution in [0, 0.1) is 11.3 Å². The Bertz CT molecular complexity index is 377. The minimum absolute atomic E-state index is 0. The highest BCUT2D eigenvalue weighted by Gasteiger charge is 2.32. The Morgan fingerprint density at radius 2 is 1.56 bits per heavy atom. The van der Waals surface area contributed by atoms with Gasteiger partial charge in [-0.05, 0) is 40.9 Å². The summed E-state index contributed by atoms with van der Waals surface area (Å²) in [5.74, 6) is 1.62. The van der Waals surface area contributed by atoms with Crippen molar-refractivity contribution in [2.45, 2.75) is 53.4 Å². The molecule has 0 saturated carbocycles. The minimum atomic E-state index is 0. The zero-order valence-corrected chi connectivity index (χ0v) is 13.0. The molecule has 0 saturated heterocycles. The maximum absolute atomic E-state index is 5.22. The van der Waals surface area contributed by atoms with Crippen molar-refractivity contribution in [3.8, 4) is 5.75 Å². The molecular formula is C17H30O. The largest absolute Gasteiger partial charge is 0.497 e. The fourth-order valence-electron chi connectivity index (χ4n) is 2.49. The first-order valence-corrected chi connectivity index (χ1v) is 6.83. The molecule has 0 aliphatic heterocycles. The van der Waals surface area contributed by atoms with Crippen molar-refractivity contribution in [1.82, 2.24) is 0 Å². The molecule has 1 aromatic rings. The zero-order chi connectivity index (χ0) is 14.0. The van der Waals surface area contributed by atoms with Crippen LogP contribution in [0.15, 0.2) is 24.3 Å². The minimum Gasteiger partial charge on any atom is -0.497 e. The van der Waals surface area contributed by atoms with Crippen LogP contribution in [0.4, 0.5) is 0 Å². The Kier molecular flexibility index (Phi) is 4.47. The molecule has 0 fully saturated rings. The van der Waals surface area contributed by atoms with Crippen LogP contribution >= 0.6 is 0 Å². The molecule has 0 atom stereocenters. The Labute approximate surface area is 114 Å². The third kappa shape index (κ3) is 3.51. The van der Waals surface area contributed by atoms with E-state index in [1.54, 1.807) is 7.11 Å². The lowest BCUT2D eigenvalue weighted by Gasteiger charge is -2.38. The summed E-state index contributed by atoms with van der Waals surface area (Å²) in [5.41, 5.74) is 1.93. The second-order valence-electron chi connectivity index (χ2n) is 6.93. The maximum Gasteiger partial charge on any atom is 0.118 e. The average Bonchev–Trinajstić information content (AvgIpc) is 2.27. The summed E-state index contributed by atoms with van der Waals surface area (Å²) >= 11 is 0. The van der Waals surface area contributed by atoms with E-state index in [0.29, 0.717) is 11.3 Å². The third-order valence-corrected chi connectivity index (χ3v) is 4.33. The molecule has 0 aliphatic rings. The topological polar surface area (TPSA) is 9.23 Å². The Morgan fingerprint density at radius 3 is 1.94 bits per heavy atom. The van der Waals surface area contributed by atoms with Crippen LogP contribution in [-0.2, 0) is 5.41 Å². The molecule has 0 spiro atoms. The van der Waals surface area contributed by atoms with E-state index in [4.69, 9.17) is 4.74 Å². The van der Waals surface area contributed by atoms with Crippen LogP contribution < -0.4 is 4.74 Å².